The van der Waals surface area contributed by atoms with Gasteiger partial charge in [-0.15, -0.1) is 0 Å². The van der Waals surface area contributed by atoms with Crippen LogP contribution in [0.1, 0.15) is 18.4 Å². The van der Waals surface area contributed by atoms with Crippen molar-refractivity contribution in [2.45, 2.75) is 12.8 Å². The number of hydrogen-bond donors (Lipinski definition) is 2. The number of anilines is 1. The molecule has 5 heteroatoms. The van der Waals surface area contributed by atoms with E-state index >= 15 is 0 Å². The lowest BCUT2D eigenvalue weighted by Crippen LogP contribution is -2.05. The number of carboxylic acid groups (broad SMARTS) is 1. The summed E-state index contributed by atoms with van der Waals surface area (Å²) in [6, 6.07) is 6.96. The van der Waals surface area contributed by atoms with Crippen molar-refractivity contribution in [2.24, 2.45) is 0 Å². The molecular formula is C11H11ClN2O2. The van der Waals surface area contributed by atoms with Crippen LogP contribution in [-0.2, 0) is 4.79 Å². The second-order valence-corrected chi connectivity index (χ2v) is 3.66. The van der Waals surface area contributed by atoms with Crippen LogP contribution >= 0.6 is 11.6 Å². The summed E-state index contributed by atoms with van der Waals surface area (Å²) >= 11 is 5.79. The highest BCUT2D eigenvalue weighted by Crippen LogP contribution is 2.20. The molecule has 4 nitrogen and oxygen atoms in total. The number of benzene rings is 1. The molecule has 1 aromatic rings. The Balaban J connectivity index is 2.56. The van der Waals surface area contributed by atoms with E-state index in [9.17, 15) is 4.79 Å². The van der Waals surface area contributed by atoms with Crippen LogP contribution in [0.4, 0.5) is 5.69 Å². The summed E-state index contributed by atoms with van der Waals surface area (Å²) in [5.74, 6) is -0.826. The van der Waals surface area contributed by atoms with Crippen molar-refractivity contribution in [1.29, 1.82) is 5.26 Å². The van der Waals surface area contributed by atoms with Crippen LogP contribution in [0.2, 0.25) is 5.02 Å². The predicted octanol–water partition coefficient (Wildman–Crippen LogP) is 2.49. The molecule has 0 amide bonds. The number of aliphatic carboxylic acids is 1. The van der Waals surface area contributed by atoms with Crippen LogP contribution in [-0.4, -0.2) is 17.6 Å². The minimum Gasteiger partial charge on any atom is -0.481 e. The number of rotatable bonds is 5. The molecule has 0 saturated carbocycles. The summed E-state index contributed by atoms with van der Waals surface area (Å²) < 4.78 is 0. The molecule has 0 aliphatic rings. The number of nitrogens with one attached hydrogen (secondary N) is 1. The molecule has 0 aliphatic carbocycles. The van der Waals surface area contributed by atoms with Crippen molar-refractivity contribution in [3.63, 3.8) is 0 Å². The highest BCUT2D eigenvalue weighted by molar-refractivity contribution is 6.30. The molecule has 2 N–H and O–H groups in total. The summed E-state index contributed by atoms with van der Waals surface area (Å²) in [5.41, 5.74) is 1.14. The van der Waals surface area contributed by atoms with E-state index in [1.165, 1.54) is 0 Å². The molecule has 0 spiro atoms. The van der Waals surface area contributed by atoms with E-state index in [0.717, 1.165) is 0 Å². The smallest absolute Gasteiger partial charge is 0.303 e. The molecule has 0 bridgehead atoms. The Kier molecular flexibility index (Phi) is 4.62. The Morgan fingerprint density at radius 3 is 2.94 bits per heavy atom. The van der Waals surface area contributed by atoms with Crippen molar-refractivity contribution in [2.75, 3.05) is 11.9 Å². The zero-order valence-corrected chi connectivity index (χ0v) is 9.29. The highest BCUT2D eigenvalue weighted by atomic mass is 35.5. The van der Waals surface area contributed by atoms with Crippen LogP contribution < -0.4 is 5.32 Å². The van der Waals surface area contributed by atoms with Gasteiger partial charge in [-0.3, -0.25) is 4.79 Å². The molecule has 1 aromatic carbocycles. The van der Waals surface area contributed by atoms with Gasteiger partial charge < -0.3 is 10.4 Å². The van der Waals surface area contributed by atoms with Crippen LogP contribution in [0.15, 0.2) is 18.2 Å². The van der Waals surface area contributed by atoms with Gasteiger partial charge in [-0.2, -0.15) is 5.26 Å². The van der Waals surface area contributed by atoms with Crippen LogP contribution in [0, 0.1) is 11.3 Å². The first-order valence-corrected chi connectivity index (χ1v) is 5.16. The Labute approximate surface area is 98.5 Å². The maximum atomic E-state index is 10.3. The average Bonchev–Trinajstić information content (AvgIpc) is 2.24. The lowest BCUT2D eigenvalue weighted by molar-refractivity contribution is -0.137. The number of carboxylic acids is 1. The van der Waals surface area contributed by atoms with Gasteiger partial charge in [0.25, 0.3) is 0 Å². The minimum absolute atomic E-state index is 0.107. The van der Waals surface area contributed by atoms with Crippen molar-refractivity contribution >= 4 is 23.3 Å². The molecule has 1 rings (SSSR count). The molecule has 0 saturated heterocycles. The van der Waals surface area contributed by atoms with E-state index in [1.54, 1.807) is 18.2 Å². The number of halogens is 1. The molecule has 0 heterocycles. The maximum absolute atomic E-state index is 10.3. The molecule has 0 unspecified atom stereocenters. The molecule has 0 radical (unpaired) electrons. The Bertz CT molecular complexity index is 426. The SMILES string of the molecule is N#Cc1ccc(Cl)cc1NCCCC(=O)O. The number of nitriles is 1. The Hall–Kier alpha value is -1.73. The molecule has 16 heavy (non-hydrogen) atoms. The van der Waals surface area contributed by atoms with Crippen molar-refractivity contribution in [3.05, 3.63) is 28.8 Å². The van der Waals surface area contributed by atoms with Gasteiger partial charge in [-0.25, -0.2) is 0 Å². The average molecular weight is 239 g/mol. The first-order chi connectivity index (χ1) is 7.63. The first-order valence-electron chi connectivity index (χ1n) is 4.79. The van der Waals surface area contributed by atoms with Crippen LogP contribution in [0.5, 0.6) is 0 Å². The third kappa shape index (κ3) is 3.79. The van der Waals surface area contributed by atoms with Crippen molar-refractivity contribution in [1.82, 2.24) is 0 Å². The molecule has 0 aliphatic heterocycles. The lowest BCUT2D eigenvalue weighted by Gasteiger charge is -2.07. The molecule has 0 aromatic heterocycles. The number of hydrogen-bond acceptors (Lipinski definition) is 3. The van der Waals surface area contributed by atoms with E-state index in [0.29, 0.717) is 29.2 Å². The quantitative estimate of drug-likeness (QED) is 0.773. The summed E-state index contributed by atoms with van der Waals surface area (Å²) in [6.07, 6.45) is 0.613. The fourth-order valence-electron chi connectivity index (χ4n) is 1.22. The lowest BCUT2D eigenvalue weighted by atomic mass is 10.2. The second-order valence-electron chi connectivity index (χ2n) is 3.23. The largest absolute Gasteiger partial charge is 0.481 e. The van der Waals surface area contributed by atoms with Crippen LogP contribution in [0.25, 0.3) is 0 Å². The van der Waals surface area contributed by atoms with Gasteiger partial charge in [0, 0.05) is 18.0 Å². The fraction of sp³-hybridized carbons (Fsp3) is 0.273. The minimum atomic E-state index is -0.826. The number of carbonyl (C=O) groups is 1. The van der Waals surface area contributed by atoms with Crippen molar-refractivity contribution in [3.8, 4) is 6.07 Å². The van der Waals surface area contributed by atoms with E-state index < -0.39 is 5.97 Å². The summed E-state index contributed by atoms with van der Waals surface area (Å²) in [4.78, 5) is 10.3. The maximum Gasteiger partial charge on any atom is 0.303 e. The molecular weight excluding hydrogens is 228 g/mol. The summed E-state index contributed by atoms with van der Waals surface area (Å²) in [5, 5.41) is 20.8. The summed E-state index contributed by atoms with van der Waals surface area (Å²) in [7, 11) is 0. The van der Waals surface area contributed by atoms with Gasteiger partial charge in [-0.1, -0.05) is 11.6 Å². The fourth-order valence-corrected chi connectivity index (χ4v) is 1.39. The summed E-state index contributed by atoms with van der Waals surface area (Å²) in [6.45, 7) is 0.501. The van der Waals surface area contributed by atoms with Crippen molar-refractivity contribution < 1.29 is 9.90 Å². The Morgan fingerprint density at radius 1 is 1.56 bits per heavy atom. The normalized spacial score (nSPS) is 9.50. The van der Waals surface area contributed by atoms with E-state index in [1.807, 2.05) is 6.07 Å². The topological polar surface area (TPSA) is 73.1 Å². The zero-order chi connectivity index (χ0) is 12.0. The predicted molar refractivity (Wildman–Crippen MR) is 61.5 cm³/mol. The van der Waals surface area contributed by atoms with E-state index in [2.05, 4.69) is 5.32 Å². The van der Waals surface area contributed by atoms with Gasteiger partial charge in [-0.05, 0) is 24.6 Å². The van der Waals surface area contributed by atoms with E-state index in [-0.39, 0.29) is 6.42 Å². The van der Waals surface area contributed by atoms with Gasteiger partial charge >= 0.3 is 5.97 Å². The zero-order valence-electron chi connectivity index (χ0n) is 8.53. The number of nitrogens with zero attached hydrogens (tertiary/aromatic N) is 1. The second kappa shape index (κ2) is 5.99. The van der Waals surface area contributed by atoms with Gasteiger partial charge in [0.05, 0.1) is 11.3 Å². The third-order valence-corrected chi connectivity index (χ3v) is 2.22. The van der Waals surface area contributed by atoms with E-state index in [4.69, 9.17) is 22.0 Å². The van der Waals surface area contributed by atoms with Crippen LogP contribution in [0.3, 0.4) is 0 Å². The van der Waals surface area contributed by atoms with Gasteiger partial charge in [0.2, 0.25) is 0 Å². The van der Waals surface area contributed by atoms with Gasteiger partial charge in [0.1, 0.15) is 6.07 Å². The molecule has 0 fully saturated rings. The highest BCUT2D eigenvalue weighted by Gasteiger charge is 2.02. The molecule has 0 atom stereocenters. The monoisotopic (exact) mass is 238 g/mol. The molecule has 84 valence electrons. The standard InChI is InChI=1S/C11H11ClN2O2/c12-9-4-3-8(7-13)10(6-9)14-5-1-2-11(15)16/h3-4,6,14H,1-2,5H2,(H,15,16). The van der Waals surface area contributed by atoms with Gasteiger partial charge in [0.15, 0.2) is 0 Å². The first kappa shape index (κ1) is 12.3. The Morgan fingerprint density at radius 2 is 2.31 bits per heavy atom. The third-order valence-electron chi connectivity index (χ3n) is 1.98.